The standard InChI is InChI=1S/C13H20N2O2/c1-2-14-13-9-11(3-6-15-13)10-17-12-4-7-16-8-5-12/h3,6,9,12H,2,4-5,7-8,10H2,1H3,(H,14,15). The molecule has 1 aliphatic rings. The van der Waals surface area contributed by atoms with E-state index in [1.165, 1.54) is 5.56 Å². The molecule has 1 aromatic heterocycles. The first-order valence-electron chi connectivity index (χ1n) is 6.26. The van der Waals surface area contributed by atoms with Gasteiger partial charge in [0.1, 0.15) is 5.82 Å². The van der Waals surface area contributed by atoms with Crippen LogP contribution < -0.4 is 5.32 Å². The molecule has 1 N–H and O–H groups in total. The lowest BCUT2D eigenvalue weighted by atomic mass is 10.1. The zero-order valence-electron chi connectivity index (χ0n) is 10.3. The fourth-order valence-electron chi connectivity index (χ4n) is 1.90. The van der Waals surface area contributed by atoms with Crippen LogP contribution in [0.5, 0.6) is 0 Å². The van der Waals surface area contributed by atoms with Crippen LogP contribution in [-0.2, 0) is 16.1 Å². The summed E-state index contributed by atoms with van der Waals surface area (Å²) < 4.78 is 11.2. The summed E-state index contributed by atoms with van der Waals surface area (Å²) >= 11 is 0. The van der Waals surface area contributed by atoms with E-state index in [0.29, 0.717) is 12.7 Å². The van der Waals surface area contributed by atoms with Crippen molar-refractivity contribution in [3.63, 3.8) is 0 Å². The summed E-state index contributed by atoms with van der Waals surface area (Å²) in [5, 5.41) is 3.20. The Morgan fingerprint density at radius 2 is 2.29 bits per heavy atom. The molecule has 0 saturated carbocycles. The number of aromatic nitrogens is 1. The molecule has 2 heterocycles. The van der Waals surface area contributed by atoms with Gasteiger partial charge in [-0.25, -0.2) is 4.98 Å². The highest BCUT2D eigenvalue weighted by molar-refractivity contribution is 5.36. The lowest BCUT2D eigenvalue weighted by Crippen LogP contribution is -2.23. The summed E-state index contributed by atoms with van der Waals surface area (Å²) in [7, 11) is 0. The molecule has 0 spiro atoms. The highest BCUT2D eigenvalue weighted by Gasteiger charge is 2.13. The molecular formula is C13H20N2O2. The average molecular weight is 236 g/mol. The van der Waals surface area contributed by atoms with Crippen molar-refractivity contribution in [1.82, 2.24) is 4.98 Å². The van der Waals surface area contributed by atoms with Gasteiger partial charge in [-0.2, -0.15) is 0 Å². The third-order valence-electron chi connectivity index (χ3n) is 2.84. The Kier molecular flexibility index (Phi) is 4.76. The van der Waals surface area contributed by atoms with Gasteiger partial charge in [-0.3, -0.25) is 0 Å². The van der Waals surface area contributed by atoms with E-state index >= 15 is 0 Å². The Bertz CT molecular complexity index is 338. The van der Waals surface area contributed by atoms with Gasteiger partial charge in [0.05, 0.1) is 12.7 Å². The van der Waals surface area contributed by atoms with Crippen LogP contribution in [0.2, 0.25) is 0 Å². The monoisotopic (exact) mass is 236 g/mol. The number of pyridine rings is 1. The summed E-state index contributed by atoms with van der Waals surface area (Å²) in [6.07, 6.45) is 4.18. The van der Waals surface area contributed by atoms with Crippen LogP contribution in [0.25, 0.3) is 0 Å². The molecule has 0 aliphatic carbocycles. The topological polar surface area (TPSA) is 43.4 Å². The molecule has 94 valence electrons. The molecule has 1 aliphatic heterocycles. The molecule has 1 fully saturated rings. The number of ether oxygens (including phenoxy) is 2. The number of anilines is 1. The SMILES string of the molecule is CCNc1cc(COC2CCOCC2)ccn1. The molecule has 0 amide bonds. The summed E-state index contributed by atoms with van der Waals surface area (Å²) in [4.78, 5) is 4.24. The summed E-state index contributed by atoms with van der Waals surface area (Å²) in [6, 6.07) is 4.04. The predicted octanol–water partition coefficient (Wildman–Crippen LogP) is 2.21. The average Bonchev–Trinajstić information content (AvgIpc) is 2.39. The van der Waals surface area contributed by atoms with Crippen LogP contribution in [0.3, 0.4) is 0 Å². The quantitative estimate of drug-likeness (QED) is 0.851. The smallest absolute Gasteiger partial charge is 0.126 e. The molecule has 2 rings (SSSR count). The zero-order valence-corrected chi connectivity index (χ0v) is 10.3. The van der Waals surface area contributed by atoms with Gasteiger partial charge in [0.15, 0.2) is 0 Å². The minimum Gasteiger partial charge on any atom is -0.381 e. The maximum atomic E-state index is 5.87. The first-order valence-corrected chi connectivity index (χ1v) is 6.26. The van der Waals surface area contributed by atoms with E-state index in [0.717, 1.165) is 38.4 Å². The molecule has 0 aromatic carbocycles. The minimum absolute atomic E-state index is 0.347. The Morgan fingerprint density at radius 1 is 1.47 bits per heavy atom. The van der Waals surface area contributed by atoms with Gasteiger partial charge in [0, 0.05) is 26.0 Å². The summed E-state index contributed by atoms with van der Waals surface area (Å²) in [5.74, 6) is 0.917. The predicted molar refractivity (Wildman–Crippen MR) is 67.0 cm³/mol. The van der Waals surface area contributed by atoms with E-state index in [2.05, 4.69) is 17.2 Å². The molecule has 1 aromatic rings. The maximum absolute atomic E-state index is 5.87. The van der Waals surface area contributed by atoms with Gasteiger partial charge in [0.2, 0.25) is 0 Å². The van der Waals surface area contributed by atoms with E-state index in [9.17, 15) is 0 Å². The first-order chi connectivity index (χ1) is 8.38. The van der Waals surface area contributed by atoms with Crippen molar-refractivity contribution in [1.29, 1.82) is 0 Å². The van der Waals surface area contributed by atoms with Crippen LogP contribution >= 0.6 is 0 Å². The van der Waals surface area contributed by atoms with Crippen molar-refractivity contribution in [2.24, 2.45) is 0 Å². The van der Waals surface area contributed by atoms with Crippen molar-refractivity contribution >= 4 is 5.82 Å². The zero-order chi connectivity index (χ0) is 11.9. The van der Waals surface area contributed by atoms with Crippen LogP contribution in [0.1, 0.15) is 25.3 Å². The third-order valence-corrected chi connectivity index (χ3v) is 2.84. The number of hydrogen-bond acceptors (Lipinski definition) is 4. The van der Waals surface area contributed by atoms with Crippen molar-refractivity contribution in [3.8, 4) is 0 Å². The molecule has 1 saturated heterocycles. The van der Waals surface area contributed by atoms with Crippen molar-refractivity contribution in [2.75, 3.05) is 25.1 Å². The summed E-state index contributed by atoms with van der Waals surface area (Å²) in [5.41, 5.74) is 1.17. The van der Waals surface area contributed by atoms with Crippen LogP contribution in [0, 0.1) is 0 Å². The number of rotatable bonds is 5. The number of nitrogens with one attached hydrogen (secondary N) is 1. The van der Waals surface area contributed by atoms with Crippen molar-refractivity contribution < 1.29 is 9.47 Å². The lowest BCUT2D eigenvalue weighted by molar-refractivity contribution is -0.0390. The molecule has 4 nitrogen and oxygen atoms in total. The van der Waals surface area contributed by atoms with Crippen molar-refractivity contribution in [2.45, 2.75) is 32.5 Å². The molecule has 0 unspecified atom stereocenters. The van der Waals surface area contributed by atoms with Gasteiger partial charge >= 0.3 is 0 Å². The fourth-order valence-corrected chi connectivity index (χ4v) is 1.90. The second kappa shape index (κ2) is 6.57. The van der Waals surface area contributed by atoms with Gasteiger partial charge in [0.25, 0.3) is 0 Å². The van der Waals surface area contributed by atoms with Gasteiger partial charge in [-0.15, -0.1) is 0 Å². The minimum atomic E-state index is 0.347. The number of nitrogens with zero attached hydrogens (tertiary/aromatic N) is 1. The van der Waals surface area contributed by atoms with Crippen LogP contribution in [0.4, 0.5) is 5.82 Å². The largest absolute Gasteiger partial charge is 0.381 e. The van der Waals surface area contributed by atoms with E-state index in [1.807, 2.05) is 18.3 Å². The Hall–Kier alpha value is -1.13. The Balaban J connectivity index is 1.83. The van der Waals surface area contributed by atoms with Crippen LogP contribution in [0.15, 0.2) is 18.3 Å². The van der Waals surface area contributed by atoms with Crippen molar-refractivity contribution in [3.05, 3.63) is 23.9 Å². The second-order valence-electron chi connectivity index (χ2n) is 4.20. The maximum Gasteiger partial charge on any atom is 0.126 e. The second-order valence-corrected chi connectivity index (χ2v) is 4.20. The molecular weight excluding hydrogens is 216 g/mol. The van der Waals surface area contributed by atoms with Gasteiger partial charge < -0.3 is 14.8 Å². The summed E-state index contributed by atoms with van der Waals surface area (Å²) in [6.45, 7) is 5.25. The molecule has 4 heteroatoms. The normalized spacial score (nSPS) is 17.0. The van der Waals surface area contributed by atoms with E-state index in [1.54, 1.807) is 0 Å². The molecule has 0 atom stereocenters. The van der Waals surface area contributed by atoms with E-state index < -0.39 is 0 Å². The molecule has 0 bridgehead atoms. The first kappa shape index (κ1) is 12.3. The third kappa shape index (κ3) is 3.98. The fraction of sp³-hybridized carbons (Fsp3) is 0.615. The molecule has 17 heavy (non-hydrogen) atoms. The Labute approximate surface area is 102 Å². The Morgan fingerprint density at radius 3 is 3.06 bits per heavy atom. The van der Waals surface area contributed by atoms with Gasteiger partial charge in [-0.1, -0.05) is 0 Å². The van der Waals surface area contributed by atoms with Gasteiger partial charge in [-0.05, 0) is 37.5 Å². The number of hydrogen-bond donors (Lipinski definition) is 1. The lowest BCUT2D eigenvalue weighted by Gasteiger charge is -2.22. The van der Waals surface area contributed by atoms with Crippen LogP contribution in [-0.4, -0.2) is 30.8 Å². The van der Waals surface area contributed by atoms with E-state index in [-0.39, 0.29) is 0 Å². The highest BCUT2D eigenvalue weighted by Crippen LogP contribution is 2.14. The molecule has 0 radical (unpaired) electrons. The van der Waals surface area contributed by atoms with E-state index in [4.69, 9.17) is 9.47 Å². The highest BCUT2D eigenvalue weighted by atomic mass is 16.5.